The molecule has 0 bridgehead atoms. The molecular formula is C18H27NO2. The van der Waals surface area contributed by atoms with Gasteiger partial charge in [-0.1, -0.05) is 18.6 Å². The van der Waals surface area contributed by atoms with Gasteiger partial charge in [-0.2, -0.15) is 0 Å². The fourth-order valence-electron chi connectivity index (χ4n) is 2.94. The molecular weight excluding hydrogens is 262 g/mol. The number of rotatable bonds is 5. The third-order valence-corrected chi connectivity index (χ3v) is 3.91. The summed E-state index contributed by atoms with van der Waals surface area (Å²) in [6, 6.07) is 5.87. The molecule has 1 atom stereocenters. The number of carbonyl (C=O) groups excluding carboxylic acids is 1. The topological polar surface area (TPSA) is 29.5 Å². The Labute approximate surface area is 128 Å². The van der Waals surface area contributed by atoms with Gasteiger partial charge < -0.3 is 4.74 Å². The first-order chi connectivity index (χ1) is 9.95. The van der Waals surface area contributed by atoms with Crippen LogP contribution < -0.4 is 4.74 Å². The molecule has 0 radical (unpaired) electrons. The van der Waals surface area contributed by atoms with Crippen molar-refractivity contribution in [2.24, 2.45) is 5.92 Å². The zero-order chi connectivity index (χ0) is 15.4. The van der Waals surface area contributed by atoms with Crippen LogP contribution in [0.25, 0.3) is 0 Å². The Bertz CT molecular complexity index is 496. The lowest BCUT2D eigenvalue weighted by Gasteiger charge is -2.30. The maximum absolute atomic E-state index is 12.7. The number of ether oxygens (including phenoxy) is 1. The number of ketones is 1. The van der Waals surface area contributed by atoms with E-state index in [1.165, 1.54) is 12.8 Å². The van der Waals surface area contributed by atoms with E-state index in [2.05, 4.69) is 11.8 Å². The average molecular weight is 289 g/mol. The molecule has 1 unspecified atom stereocenters. The summed E-state index contributed by atoms with van der Waals surface area (Å²) in [5.74, 6) is 1.57. The first-order valence-electron chi connectivity index (χ1n) is 7.98. The van der Waals surface area contributed by atoms with E-state index in [9.17, 15) is 4.79 Å². The van der Waals surface area contributed by atoms with Crippen LogP contribution in [0.2, 0.25) is 0 Å². The van der Waals surface area contributed by atoms with Crippen LogP contribution >= 0.6 is 0 Å². The lowest BCUT2D eigenvalue weighted by molar-refractivity contribution is 0.0887. The van der Waals surface area contributed by atoms with Crippen LogP contribution in [0.1, 0.15) is 49.5 Å². The molecule has 1 aliphatic rings. The van der Waals surface area contributed by atoms with Gasteiger partial charge in [-0.25, -0.2) is 0 Å². The Kier molecular flexibility index (Phi) is 5.40. The number of nitrogens with zero attached hydrogens (tertiary/aromatic N) is 1. The number of hydrogen-bond acceptors (Lipinski definition) is 3. The monoisotopic (exact) mass is 289 g/mol. The maximum atomic E-state index is 12.7. The normalized spacial score (nSPS) is 19.8. The summed E-state index contributed by atoms with van der Waals surface area (Å²) in [5.41, 5.74) is 1.82. The van der Waals surface area contributed by atoms with Gasteiger partial charge in [-0.05, 0) is 58.2 Å². The fraction of sp³-hybridized carbons (Fsp3) is 0.611. The summed E-state index contributed by atoms with van der Waals surface area (Å²) < 4.78 is 5.79. The van der Waals surface area contributed by atoms with Crippen molar-refractivity contribution in [2.75, 3.05) is 19.6 Å². The second-order valence-corrected chi connectivity index (χ2v) is 6.57. The Morgan fingerprint density at radius 2 is 2.19 bits per heavy atom. The van der Waals surface area contributed by atoms with E-state index >= 15 is 0 Å². The molecule has 0 spiro atoms. The number of carbonyl (C=O) groups is 1. The molecule has 1 saturated heterocycles. The van der Waals surface area contributed by atoms with Crippen LogP contribution in [0.4, 0.5) is 0 Å². The number of likely N-dealkylation sites (tertiary alicyclic amines) is 1. The predicted molar refractivity (Wildman–Crippen MR) is 86.1 cm³/mol. The van der Waals surface area contributed by atoms with Crippen molar-refractivity contribution in [2.45, 2.75) is 46.6 Å². The van der Waals surface area contributed by atoms with E-state index < -0.39 is 0 Å². The Morgan fingerprint density at radius 3 is 2.86 bits per heavy atom. The highest BCUT2D eigenvalue weighted by molar-refractivity contribution is 6.00. The van der Waals surface area contributed by atoms with Gasteiger partial charge in [0, 0.05) is 6.54 Å². The molecule has 1 aromatic rings. The van der Waals surface area contributed by atoms with E-state index in [1.54, 1.807) is 0 Å². The molecule has 0 amide bonds. The smallest absolute Gasteiger partial charge is 0.180 e. The number of benzene rings is 1. The van der Waals surface area contributed by atoms with Crippen molar-refractivity contribution in [3.8, 4) is 5.75 Å². The minimum atomic E-state index is 0.0780. The Morgan fingerprint density at radius 1 is 1.43 bits per heavy atom. The highest BCUT2D eigenvalue weighted by Gasteiger charge is 2.21. The van der Waals surface area contributed by atoms with E-state index in [4.69, 9.17) is 4.74 Å². The van der Waals surface area contributed by atoms with Crippen LogP contribution in [0, 0.1) is 12.8 Å². The third kappa shape index (κ3) is 4.57. The van der Waals surface area contributed by atoms with Gasteiger partial charge in [-0.3, -0.25) is 9.69 Å². The van der Waals surface area contributed by atoms with Crippen molar-refractivity contribution < 1.29 is 9.53 Å². The van der Waals surface area contributed by atoms with Gasteiger partial charge in [-0.15, -0.1) is 0 Å². The number of hydrogen-bond donors (Lipinski definition) is 0. The standard InChI is InChI=1S/C18H27NO2/c1-13(2)21-18-8-7-14(3)10-16(18)17(20)12-19-9-5-6-15(4)11-19/h7-8,10,13,15H,5-6,9,11-12H2,1-4H3. The number of Topliss-reactive ketones (excluding diaryl/α,β-unsaturated/α-hetero) is 1. The Balaban J connectivity index is 2.12. The fourth-order valence-corrected chi connectivity index (χ4v) is 2.94. The molecule has 0 aromatic heterocycles. The lowest BCUT2D eigenvalue weighted by atomic mass is 9.99. The largest absolute Gasteiger partial charge is 0.490 e. The first-order valence-corrected chi connectivity index (χ1v) is 7.98. The predicted octanol–water partition coefficient (Wildman–Crippen LogP) is 3.70. The van der Waals surface area contributed by atoms with Crippen LogP contribution in [0.15, 0.2) is 18.2 Å². The molecule has 0 N–H and O–H groups in total. The van der Waals surface area contributed by atoms with Gasteiger partial charge in [0.2, 0.25) is 0 Å². The molecule has 21 heavy (non-hydrogen) atoms. The molecule has 0 saturated carbocycles. The molecule has 1 aliphatic heterocycles. The van der Waals surface area contributed by atoms with Crippen LogP contribution in [-0.4, -0.2) is 36.4 Å². The van der Waals surface area contributed by atoms with Gasteiger partial charge in [0.15, 0.2) is 5.78 Å². The summed E-state index contributed by atoms with van der Waals surface area (Å²) >= 11 is 0. The van der Waals surface area contributed by atoms with Crippen molar-refractivity contribution in [1.82, 2.24) is 4.90 Å². The van der Waals surface area contributed by atoms with Crippen LogP contribution in [0.3, 0.4) is 0 Å². The molecule has 3 nitrogen and oxygen atoms in total. The number of piperidine rings is 1. The van der Waals surface area contributed by atoms with Crippen molar-refractivity contribution in [3.63, 3.8) is 0 Å². The average Bonchev–Trinajstić information content (AvgIpc) is 2.40. The summed E-state index contributed by atoms with van der Waals surface area (Å²) in [7, 11) is 0. The molecule has 0 aliphatic carbocycles. The summed E-state index contributed by atoms with van der Waals surface area (Å²) in [5, 5.41) is 0. The van der Waals surface area contributed by atoms with Crippen LogP contribution in [0.5, 0.6) is 5.75 Å². The van der Waals surface area contributed by atoms with Gasteiger partial charge in [0.25, 0.3) is 0 Å². The molecule has 1 aromatic carbocycles. The maximum Gasteiger partial charge on any atom is 0.180 e. The molecule has 1 heterocycles. The van der Waals surface area contributed by atoms with Crippen LogP contribution in [-0.2, 0) is 0 Å². The molecule has 1 fully saturated rings. The first kappa shape index (κ1) is 16.0. The third-order valence-electron chi connectivity index (χ3n) is 3.91. The van der Waals surface area contributed by atoms with Crippen molar-refractivity contribution in [3.05, 3.63) is 29.3 Å². The van der Waals surface area contributed by atoms with Crippen molar-refractivity contribution in [1.29, 1.82) is 0 Å². The van der Waals surface area contributed by atoms with E-state index in [0.717, 1.165) is 24.2 Å². The summed E-state index contributed by atoms with van der Waals surface area (Å²) in [4.78, 5) is 14.9. The van der Waals surface area contributed by atoms with E-state index in [0.29, 0.717) is 18.2 Å². The highest BCUT2D eigenvalue weighted by Crippen LogP contribution is 2.23. The number of aryl methyl sites for hydroxylation is 1. The Hall–Kier alpha value is -1.35. The zero-order valence-electron chi connectivity index (χ0n) is 13.7. The van der Waals surface area contributed by atoms with Gasteiger partial charge in [0.1, 0.15) is 5.75 Å². The SMILES string of the molecule is Cc1ccc(OC(C)C)c(C(=O)CN2CCCC(C)C2)c1. The lowest BCUT2D eigenvalue weighted by Crippen LogP contribution is -2.38. The summed E-state index contributed by atoms with van der Waals surface area (Å²) in [6.45, 7) is 10.8. The molecule has 2 rings (SSSR count). The zero-order valence-corrected chi connectivity index (χ0v) is 13.7. The summed E-state index contributed by atoms with van der Waals surface area (Å²) in [6.07, 6.45) is 2.54. The minimum absolute atomic E-state index is 0.0780. The van der Waals surface area contributed by atoms with E-state index in [-0.39, 0.29) is 11.9 Å². The quantitative estimate of drug-likeness (QED) is 0.774. The van der Waals surface area contributed by atoms with Gasteiger partial charge >= 0.3 is 0 Å². The highest BCUT2D eigenvalue weighted by atomic mass is 16.5. The van der Waals surface area contributed by atoms with E-state index in [1.807, 2.05) is 39.0 Å². The van der Waals surface area contributed by atoms with Crippen molar-refractivity contribution >= 4 is 5.78 Å². The minimum Gasteiger partial charge on any atom is -0.490 e. The molecule has 116 valence electrons. The van der Waals surface area contributed by atoms with Gasteiger partial charge in [0.05, 0.1) is 18.2 Å². The second-order valence-electron chi connectivity index (χ2n) is 6.57. The second kappa shape index (κ2) is 7.08. The molecule has 3 heteroatoms.